The normalized spacial score (nSPS) is 16.7. The summed E-state index contributed by atoms with van der Waals surface area (Å²) < 4.78 is 15.5. The van der Waals surface area contributed by atoms with Gasteiger partial charge in [0.2, 0.25) is 0 Å². The maximum atomic E-state index is 11.5. The molecular formula is C19H33NO5. The fraction of sp³-hybridized carbons (Fsp3) is 0.789. The van der Waals surface area contributed by atoms with Gasteiger partial charge in [-0.2, -0.15) is 0 Å². The van der Waals surface area contributed by atoms with Gasteiger partial charge in [-0.15, -0.1) is 0 Å². The summed E-state index contributed by atoms with van der Waals surface area (Å²) in [6.45, 7) is 9.63. The number of hydrogen-bond acceptors (Lipinski definition) is 6. The smallest absolute Gasteiger partial charge is 0.331 e. The van der Waals surface area contributed by atoms with E-state index in [1.165, 1.54) is 0 Å². The van der Waals surface area contributed by atoms with Gasteiger partial charge in [-0.25, -0.2) is 9.59 Å². The van der Waals surface area contributed by atoms with Crippen LogP contribution >= 0.6 is 0 Å². The van der Waals surface area contributed by atoms with Crippen LogP contribution in [0, 0.1) is 5.92 Å². The Hall–Kier alpha value is -1.40. The molecule has 1 heterocycles. The molecule has 1 rings (SSSR count). The average molecular weight is 355 g/mol. The molecule has 0 aliphatic carbocycles. The molecule has 1 aliphatic heterocycles. The Balaban J connectivity index is 1.99. The van der Waals surface area contributed by atoms with Crippen LogP contribution in [0.4, 0.5) is 0 Å². The summed E-state index contributed by atoms with van der Waals surface area (Å²) in [6, 6.07) is 0. The van der Waals surface area contributed by atoms with Crippen LogP contribution < -0.4 is 0 Å². The number of carbonyl (C=O) groups excluding carboxylic acids is 2. The fourth-order valence-electron chi connectivity index (χ4n) is 2.64. The number of unbranched alkanes of at least 4 members (excludes halogenated alkanes) is 2. The third-order valence-corrected chi connectivity index (χ3v) is 4.11. The van der Waals surface area contributed by atoms with Crippen LogP contribution in [0.3, 0.4) is 0 Å². The SMILES string of the molecule is CCCC(C)COC(=O)/C=C/C(=O)OCCCCCN1CCOCC1. The van der Waals surface area contributed by atoms with Gasteiger partial charge in [-0.3, -0.25) is 4.90 Å². The molecule has 0 spiro atoms. The molecule has 144 valence electrons. The van der Waals surface area contributed by atoms with Crippen LogP contribution in [0.1, 0.15) is 46.0 Å². The topological polar surface area (TPSA) is 65.1 Å². The van der Waals surface area contributed by atoms with Gasteiger partial charge in [-0.1, -0.05) is 20.3 Å². The van der Waals surface area contributed by atoms with E-state index in [4.69, 9.17) is 14.2 Å². The molecule has 1 fully saturated rings. The molecule has 0 aromatic carbocycles. The highest BCUT2D eigenvalue weighted by Crippen LogP contribution is 2.05. The van der Waals surface area contributed by atoms with Gasteiger partial charge in [0.25, 0.3) is 0 Å². The molecule has 1 atom stereocenters. The summed E-state index contributed by atoms with van der Waals surface area (Å²) in [5.74, 6) is -0.649. The molecule has 0 amide bonds. The van der Waals surface area contributed by atoms with Crippen LogP contribution in [0.5, 0.6) is 0 Å². The molecule has 25 heavy (non-hydrogen) atoms. The van der Waals surface area contributed by atoms with Crippen molar-refractivity contribution in [1.82, 2.24) is 4.90 Å². The van der Waals surface area contributed by atoms with Gasteiger partial charge in [0.05, 0.1) is 26.4 Å². The summed E-state index contributed by atoms with van der Waals surface area (Å²) in [5.41, 5.74) is 0. The lowest BCUT2D eigenvalue weighted by Crippen LogP contribution is -2.36. The standard InChI is InChI=1S/C19H33NO5/c1-3-7-17(2)16-25-19(22)9-8-18(21)24-13-6-4-5-10-20-11-14-23-15-12-20/h8-9,17H,3-7,10-16H2,1-2H3/b9-8+. The molecular weight excluding hydrogens is 322 g/mol. The van der Waals surface area contributed by atoms with Gasteiger partial charge in [0.1, 0.15) is 0 Å². The van der Waals surface area contributed by atoms with Gasteiger partial charge < -0.3 is 14.2 Å². The van der Waals surface area contributed by atoms with Crippen LogP contribution in [-0.4, -0.2) is 62.9 Å². The number of nitrogens with zero attached hydrogens (tertiary/aromatic N) is 1. The van der Waals surface area contributed by atoms with E-state index in [1.54, 1.807) is 0 Å². The second kappa shape index (κ2) is 13.8. The Morgan fingerprint density at radius 2 is 1.76 bits per heavy atom. The van der Waals surface area contributed by atoms with E-state index in [9.17, 15) is 9.59 Å². The quantitative estimate of drug-likeness (QED) is 0.305. The van der Waals surface area contributed by atoms with E-state index < -0.39 is 11.9 Å². The first-order valence-electron chi connectivity index (χ1n) is 9.43. The molecule has 0 saturated carbocycles. The van der Waals surface area contributed by atoms with Gasteiger partial charge in [0.15, 0.2) is 0 Å². The molecule has 0 aromatic rings. The Labute approximate surface area is 151 Å². The molecule has 1 unspecified atom stereocenters. The number of morpholine rings is 1. The number of esters is 2. The molecule has 1 saturated heterocycles. The summed E-state index contributed by atoms with van der Waals surface area (Å²) in [7, 11) is 0. The van der Waals surface area contributed by atoms with E-state index in [0.29, 0.717) is 19.1 Å². The molecule has 0 N–H and O–H groups in total. The van der Waals surface area contributed by atoms with E-state index in [2.05, 4.69) is 11.8 Å². The molecule has 0 aromatic heterocycles. The second-order valence-electron chi connectivity index (χ2n) is 6.54. The fourth-order valence-corrected chi connectivity index (χ4v) is 2.64. The van der Waals surface area contributed by atoms with Crippen LogP contribution in [0.2, 0.25) is 0 Å². The minimum Gasteiger partial charge on any atom is -0.463 e. The number of carbonyl (C=O) groups is 2. The lowest BCUT2D eigenvalue weighted by atomic mass is 10.1. The van der Waals surface area contributed by atoms with E-state index in [-0.39, 0.29) is 0 Å². The zero-order valence-corrected chi connectivity index (χ0v) is 15.7. The third-order valence-electron chi connectivity index (χ3n) is 4.11. The van der Waals surface area contributed by atoms with E-state index >= 15 is 0 Å². The maximum absolute atomic E-state index is 11.5. The first kappa shape index (κ1) is 21.6. The van der Waals surface area contributed by atoms with Crippen molar-refractivity contribution in [3.63, 3.8) is 0 Å². The van der Waals surface area contributed by atoms with Crippen molar-refractivity contribution in [2.24, 2.45) is 5.92 Å². The van der Waals surface area contributed by atoms with Crippen molar-refractivity contribution in [3.8, 4) is 0 Å². The minimum atomic E-state index is -0.495. The van der Waals surface area contributed by atoms with E-state index in [0.717, 1.165) is 77.1 Å². The molecule has 1 aliphatic rings. The molecule has 0 radical (unpaired) electrons. The van der Waals surface area contributed by atoms with Crippen LogP contribution in [-0.2, 0) is 23.8 Å². The number of rotatable bonds is 12. The predicted molar refractivity (Wildman–Crippen MR) is 96.2 cm³/mol. The Kier molecular flexibility index (Phi) is 12.0. The lowest BCUT2D eigenvalue weighted by molar-refractivity contribution is -0.141. The highest BCUT2D eigenvalue weighted by Gasteiger charge is 2.09. The van der Waals surface area contributed by atoms with Crippen molar-refractivity contribution in [1.29, 1.82) is 0 Å². The van der Waals surface area contributed by atoms with Crippen molar-refractivity contribution < 1.29 is 23.8 Å². The van der Waals surface area contributed by atoms with Crippen molar-refractivity contribution in [3.05, 3.63) is 12.2 Å². The molecule has 6 heteroatoms. The number of hydrogen-bond donors (Lipinski definition) is 0. The first-order valence-corrected chi connectivity index (χ1v) is 9.43. The Morgan fingerprint density at radius 3 is 2.44 bits per heavy atom. The highest BCUT2D eigenvalue weighted by molar-refractivity contribution is 5.91. The first-order chi connectivity index (χ1) is 12.1. The highest BCUT2D eigenvalue weighted by atomic mass is 16.5. The average Bonchev–Trinajstić information content (AvgIpc) is 2.62. The summed E-state index contributed by atoms with van der Waals surface area (Å²) >= 11 is 0. The van der Waals surface area contributed by atoms with Gasteiger partial charge in [-0.05, 0) is 38.1 Å². The minimum absolute atomic E-state index is 0.340. The van der Waals surface area contributed by atoms with Crippen LogP contribution in [0.25, 0.3) is 0 Å². The van der Waals surface area contributed by atoms with Crippen molar-refractivity contribution >= 4 is 11.9 Å². The van der Waals surface area contributed by atoms with Crippen molar-refractivity contribution in [2.45, 2.75) is 46.0 Å². The monoisotopic (exact) mass is 355 g/mol. The zero-order valence-electron chi connectivity index (χ0n) is 15.7. The molecule has 0 bridgehead atoms. The van der Waals surface area contributed by atoms with Gasteiger partial charge >= 0.3 is 11.9 Å². The Bertz CT molecular complexity index is 405. The van der Waals surface area contributed by atoms with Crippen molar-refractivity contribution in [2.75, 3.05) is 46.1 Å². The lowest BCUT2D eigenvalue weighted by Gasteiger charge is -2.26. The third kappa shape index (κ3) is 11.7. The van der Waals surface area contributed by atoms with Crippen LogP contribution in [0.15, 0.2) is 12.2 Å². The number of ether oxygens (including phenoxy) is 3. The Morgan fingerprint density at radius 1 is 1.08 bits per heavy atom. The molecule has 6 nitrogen and oxygen atoms in total. The largest absolute Gasteiger partial charge is 0.463 e. The summed E-state index contributed by atoms with van der Waals surface area (Å²) in [5, 5.41) is 0. The predicted octanol–water partition coefficient (Wildman–Crippen LogP) is 2.57. The maximum Gasteiger partial charge on any atom is 0.331 e. The zero-order chi connectivity index (χ0) is 18.3. The van der Waals surface area contributed by atoms with E-state index in [1.807, 2.05) is 6.92 Å². The summed E-state index contributed by atoms with van der Waals surface area (Å²) in [6.07, 6.45) is 7.31. The summed E-state index contributed by atoms with van der Waals surface area (Å²) in [4.78, 5) is 25.4. The second-order valence-corrected chi connectivity index (χ2v) is 6.54. The van der Waals surface area contributed by atoms with Gasteiger partial charge in [0, 0.05) is 25.2 Å².